The number of anilines is 1. The van der Waals surface area contributed by atoms with Crippen LogP contribution in [0.15, 0.2) is 65.6 Å². The number of carbonyl (C=O) groups is 1. The monoisotopic (exact) mass is 402 g/mol. The minimum Gasteiger partial charge on any atom is -0.406 e. The zero-order chi connectivity index (χ0) is 19.4. The van der Waals surface area contributed by atoms with Crippen molar-refractivity contribution < 1.29 is 9.63 Å². The highest BCUT2D eigenvalue weighted by molar-refractivity contribution is 6.35. The first kappa shape index (κ1) is 19.0. The number of rotatable bonds is 5. The number of nitrogens with zero attached hydrogens (tertiary/aromatic N) is 1. The van der Waals surface area contributed by atoms with Crippen molar-refractivity contribution in [2.75, 3.05) is 5.32 Å². The van der Waals surface area contributed by atoms with Gasteiger partial charge in [-0.3, -0.25) is 9.59 Å². The van der Waals surface area contributed by atoms with Gasteiger partial charge in [-0.05, 0) is 42.8 Å². The Morgan fingerprint density at radius 1 is 1.11 bits per heavy atom. The van der Waals surface area contributed by atoms with Crippen molar-refractivity contribution in [3.05, 3.63) is 97.9 Å². The highest BCUT2D eigenvalue weighted by Gasteiger charge is 2.14. The molecule has 0 aliphatic heterocycles. The second-order valence-corrected chi connectivity index (χ2v) is 6.74. The van der Waals surface area contributed by atoms with E-state index in [2.05, 4.69) is 5.32 Å². The first-order chi connectivity index (χ1) is 12.9. The van der Waals surface area contributed by atoms with E-state index >= 15 is 0 Å². The van der Waals surface area contributed by atoms with Crippen LogP contribution in [0.2, 0.25) is 10.0 Å². The number of nitrogens with one attached hydrogen (secondary N) is 1. The Kier molecular flexibility index (Phi) is 5.84. The van der Waals surface area contributed by atoms with Gasteiger partial charge in [0.05, 0.1) is 10.7 Å². The summed E-state index contributed by atoms with van der Waals surface area (Å²) in [6, 6.07) is 15.4. The van der Waals surface area contributed by atoms with Crippen LogP contribution in [0.5, 0.6) is 0 Å². The van der Waals surface area contributed by atoms with E-state index in [1.807, 2.05) is 31.2 Å². The summed E-state index contributed by atoms with van der Waals surface area (Å²) >= 11 is 12.0. The number of hydrogen-bond donors (Lipinski definition) is 1. The largest absolute Gasteiger partial charge is 0.406 e. The third kappa shape index (κ3) is 4.70. The maximum Gasteiger partial charge on any atom is 0.295 e. The van der Waals surface area contributed by atoms with Crippen LogP contribution in [-0.2, 0) is 6.61 Å². The number of hydrogen-bond acceptors (Lipinski definition) is 3. The topological polar surface area (TPSA) is 60.3 Å². The van der Waals surface area contributed by atoms with E-state index < -0.39 is 11.5 Å². The summed E-state index contributed by atoms with van der Waals surface area (Å²) in [5.41, 5.74) is 1.70. The molecule has 3 aromatic rings. The molecule has 2 aromatic carbocycles. The van der Waals surface area contributed by atoms with Crippen LogP contribution < -0.4 is 15.7 Å². The molecule has 0 saturated carbocycles. The average Bonchev–Trinajstić information content (AvgIpc) is 2.64. The van der Waals surface area contributed by atoms with Crippen LogP contribution in [0.3, 0.4) is 0 Å². The van der Waals surface area contributed by atoms with Crippen LogP contribution >= 0.6 is 23.2 Å². The summed E-state index contributed by atoms with van der Waals surface area (Å²) in [6.45, 7) is 2.17. The first-order valence-electron chi connectivity index (χ1n) is 8.11. The summed E-state index contributed by atoms with van der Waals surface area (Å²) in [7, 11) is 0. The van der Waals surface area contributed by atoms with Crippen LogP contribution in [-0.4, -0.2) is 10.6 Å². The molecule has 27 heavy (non-hydrogen) atoms. The zero-order valence-electron chi connectivity index (χ0n) is 14.4. The van der Waals surface area contributed by atoms with Crippen molar-refractivity contribution in [3.63, 3.8) is 0 Å². The van der Waals surface area contributed by atoms with Gasteiger partial charge in [-0.2, -0.15) is 4.73 Å². The molecule has 0 atom stereocenters. The minimum absolute atomic E-state index is 0.0715. The number of amides is 1. The van der Waals surface area contributed by atoms with E-state index in [1.165, 1.54) is 18.3 Å². The summed E-state index contributed by atoms with van der Waals surface area (Å²) in [5, 5.41) is 3.33. The standard InChI is InChI=1S/C20H16Cl2N2O3/c1-13-4-2-5-14(10-13)12-27-24-9-3-6-16(20(24)26)19(25)23-18-11-15(21)7-8-17(18)22/h2-11H,12H2,1H3,(H,23,25). The molecule has 3 rings (SSSR count). The van der Waals surface area contributed by atoms with Crippen molar-refractivity contribution in [2.45, 2.75) is 13.5 Å². The molecule has 0 saturated heterocycles. The molecular weight excluding hydrogens is 387 g/mol. The van der Waals surface area contributed by atoms with Gasteiger partial charge < -0.3 is 10.2 Å². The second kappa shape index (κ2) is 8.29. The van der Waals surface area contributed by atoms with Crippen LogP contribution in [0.25, 0.3) is 0 Å². The van der Waals surface area contributed by atoms with E-state index in [4.69, 9.17) is 28.0 Å². The fraction of sp³-hybridized carbons (Fsp3) is 0.100. The smallest absolute Gasteiger partial charge is 0.295 e. The van der Waals surface area contributed by atoms with Crippen molar-refractivity contribution in [1.82, 2.24) is 4.73 Å². The fourth-order valence-electron chi connectivity index (χ4n) is 2.48. The van der Waals surface area contributed by atoms with Crippen molar-refractivity contribution in [1.29, 1.82) is 0 Å². The normalized spacial score (nSPS) is 10.5. The number of aryl methyl sites for hydroxylation is 1. The molecule has 1 N–H and O–H groups in total. The Morgan fingerprint density at radius 3 is 2.70 bits per heavy atom. The molecular formula is C20H16Cl2N2O3. The van der Waals surface area contributed by atoms with E-state index in [-0.39, 0.29) is 12.2 Å². The minimum atomic E-state index is -0.599. The third-order valence-corrected chi connectivity index (χ3v) is 4.35. The fourth-order valence-corrected chi connectivity index (χ4v) is 2.82. The first-order valence-corrected chi connectivity index (χ1v) is 8.86. The predicted octanol–water partition coefficient (Wildman–Crippen LogP) is 4.34. The maximum atomic E-state index is 12.6. The lowest BCUT2D eigenvalue weighted by molar-refractivity contribution is 0.0863. The van der Waals surface area contributed by atoms with Gasteiger partial charge in [0.1, 0.15) is 12.2 Å². The Bertz CT molecular complexity index is 1050. The lowest BCUT2D eigenvalue weighted by Crippen LogP contribution is -2.32. The molecule has 5 nitrogen and oxygen atoms in total. The van der Waals surface area contributed by atoms with Crippen molar-refractivity contribution in [2.24, 2.45) is 0 Å². The van der Waals surface area contributed by atoms with E-state index in [1.54, 1.807) is 18.2 Å². The van der Waals surface area contributed by atoms with Gasteiger partial charge in [0, 0.05) is 11.2 Å². The predicted molar refractivity (Wildman–Crippen MR) is 107 cm³/mol. The van der Waals surface area contributed by atoms with Gasteiger partial charge in [-0.25, -0.2) is 0 Å². The van der Waals surface area contributed by atoms with E-state index in [0.29, 0.717) is 15.7 Å². The summed E-state index contributed by atoms with van der Waals surface area (Å²) in [4.78, 5) is 30.6. The van der Waals surface area contributed by atoms with Gasteiger partial charge in [-0.15, -0.1) is 0 Å². The molecule has 0 radical (unpaired) electrons. The second-order valence-electron chi connectivity index (χ2n) is 5.89. The van der Waals surface area contributed by atoms with Gasteiger partial charge in [-0.1, -0.05) is 53.0 Å². The molecule has 0 aliphatic rings. The van der Waals surface area contributed by atoms with Gasteiger partial charge in [0.25, 0.3) is 11.5 Å². The number of benzene rings is 2. The summed E-state index contributed by atoms with van der Waals surface area (Å²) in [6.07, 6.45) is 1.46. The Morgan fingerprint density at radius 2 is 1.93 bits per heavy atom. The summed E-state index contributed by atoms with van der Waals surface area (Å²) < 4.78 is 1.04. The van der Waals surface area contributed by atoms with Gasteiger partial charge >= 0.3 is 0 Å². The Balaban J connectivity index is 1.78. The molecule has 7 heteroatoms. The van der Waals surface area contributed by atoms with Gasteiger partial charge in [0.2, 0.25) is 0 Å². The van der Waals surface area contributed by atoms with Gasteiger partial charge in [0.15, 0.2) is 0 Å². The third-order valence-electron chi connectivity index (χ3n) is 3.79. The van der Waals surface area contributed by atoms with Crippen LogP contribution in [0.1, 0.15) is 21.5 Å². The van der Waals surface area contributed by atoms with E-state index in [9.17, 15) is 9.59 Å². The molecule has 1 amide bonds. The SMILES string of the molecule is Cc1cccc(COn2cccc(C(=O)Nc3cc(Cl)ccc3Cl)c2=O)c1. The highest BCUT2D eigenvalue weighted by atomic mass is 35.5. The molecule has 1 aromatic heterocycles. The lowest BCUT2D eigenvalue weighted by atomic mass is 10.1. The number of pyridine rings is 1. The molecule has 0 fully saturated rings. The lowest BCUT2D eigenvalue weighted by Gasteiger charge is -2.11. The quantitative estimate of drug-likeness (QED) is 0.689. The highest BCUT2D eigenvalue weighted by Crippen LogP contribution is 2.25. The molecule has 0 spiro atoms. The van der Waals surface area contributed by atoms with Crippen LogP contribution in [0, 0.1) is 6.92 Å². The van der Waals surface area contributed by atoms with E-state index in [0.717, 1.165) is 15.9 Å². The van der Waals surface area contributed by atoms with Crippen LogP contribution in [0.4, 0.5) is 5.69 Å². The molecule has 0 aliphatic carbocycles. The molecule has 138 valence electrons. The molecule has 1 heterocycles. The van der Waals surface area contributed by atoms with Crippen molar-refractivity contribution >= 4 is 34.8 Å². The average molecular weight is 403 g/mol. The number of halogens is 2. The molecule has 0 unspecified atom stereocenters. The number of aromatic nitrogens is 1. The Hall–Kier alpha value is -2.76. The van der Waals surface area contributed by atoms with Crippen molar-refractivity contribution in [3.8, 4) is 0 Å². The Labute approximate surface area is 166 Å². The zero-order valence-corrected chi connectivity index (χ0v) is 15.9. The molecule has 0 bridgehead atoms. The maximum absolute atomic E-state index is 12.6. The summed E-state index contributed by atoms with van der Waals surface area (Å²) in [5.74, 6) is -0.599. The number of carbonyl (C=O) groups excluding carboxylic acids is 1.